The number of esters is 1. The number of carbonyl (C=O) groups excluding carboxylic acids is 2. The smallest absolute Gasteiger partial charge is 0.306 e. The van der Waals surface area contributed by atoms with Crippen molar-refractivity contribution in [3.63, 3.8) is 0 Å². The van der Waals surface area contributed by atoms with Gasteiger partial charge in [0.05, 0.1) is 18.8 Å². The van der Waals surface area contributed by atoms with Crippen LogP contribution in [0.2, 0.25) is 0 Å². The van der Waals surface area contributed by atoms with Gasteiger partial charge < -0.3 is 4.74 Å². The first-order chi connectivity index (χ1) is 6.56. The second kappa shape index (κ2) is 7.85. The Hall–Kier alpha value is -0.510. The summed E-state index contributed by atoms with van der Waals surface area (Å²) in [5.74, 6) is 0.337. The van der Waals surface area contributed by atoms with Crippen molar-refractivity contribution < 1.29 is 14.3 Å². The number of ether oxygens (including phenoxy) is 1. The van der Waals surface area contributed by atoms with E-state index >= 15 is 0 Å². The van der Waals surface area contributed by atoms with Gasteiger partial charge in [-0.15, -0.1) is 0 Å². The lowest BCUT2D eigenvalue weighted by atomic mass is 10.2. The molecule has 0 aromatic carbocycles. The number of Topliss-reactive ketones (excluding diaryl/α,β-unsaturated/α-hetero) is 1. The summed E-state index contributed by atoms with van der Waals surface area (Å²) < 4.78 is 4.72. The molecule has 0 spiro atoms. The van der Waals surface area contributed by atoms with Gasteiger partial charge in [-0.2, -0.15) is 11.8 Å². The Bertz CT molecular complexity index is 190. The number of thioether (sulfide) groups is 1. The van der Waals surface area contributed by atoms with E-state index in [4.69, 9.17) is 4.74 Å². The Morgan fingerprint density at radius 3 is 2.43 bits per heavy atom. The molecular weight excluding hydrogens is 200 g/mol. The maximum absolute atomic E-state index is 11.2. The fourth-order valence-electron chi connectivity index (χ4n) is 0.806. The van der Waals surface area contributed by atoms with Gasteiger partial charge in [0, 0.05) is 6.42 Å². The molecule has 0 bridgehead atoms. The molecule has 0 radical (unpaired) electrons. The maximum atomic E-state index is 11.2. The molecular formula is C10H18O3S. The van der Waals surface area contributed by atoms with Gasteiger partial charge in [-0.3, -0.25) is 9.59 Å². The van der Waals surface area contributed by atoms with E-state index in [2.05, 4.69) is 0 Å². The molecule has 4 heteroatoms. The van der Waals surface area contributed by atoms with Crippen LogP contribution in [0, 0.1) is 0 Å². The molecule has 0 aliphatic rings. The fourth-order valence-corrected chi connectivity index (χ4v) is 1.47. The largest absolute Gasteiger partial charge is 0.466 e. The van der Waals surface area contributed by atoms with Crippen LogP contribution in [0.5, 0.6) is 0 Å². The third-order valence-corrected chi connectivity index (χ3v) is 2.65. The Kier molecular flexibility index (Phi) is 7.57. The number of rotatable bonds is 7. The second-order valence-electron chi connectivity index (χ2n) is 3.20. The number of ketones is 1. The van der Waals surface area contributed by atoms with Crippen LogP contribution in [0.3, 0.4) is 0 Å². The molecule has 0 heterocycles. The first-order valence-electron chi connectivity index (χ1n) is 4.85. The minimum Gasteiger partial charge on any atom is -0.466 e. The Labute approximate surface area is 89.6 Å². The van der Waals surface area contributed by atoms with Crippen molar-refractivity contribution in [1.82, 2.24) is 0 Å². The Balaban J connectivity index is 3.48. The summed E-state index contributed by atoms with van der Waals surface area (Å²) in [5.41, 5.74) is 0. The maximum Gasteiger partial charge on any atom is 0.306 e. The van der Waals surface area contributed by atoms with Crippen LogP contribution in [-0.4, -0.2) is 29.4 Å². The molecule has 0 saturated heterocycles. The first kappa shape index (κ1) is 13.5. The molecule has 0 N–H and O–H groups in total. The lowest BCUT2D eigenvalue weighted by molar-refractivity contribution is -0.144. The quantitative estimate of drug-likeness (QED) is 0.613. The van der Waals surface area contributed by atoms with Crippen LogP contribution in [-0.2, 0) is 14.3 Å². The molecule has 0 amide bonds. The van der Waals surface area contributed by atoms with E-state index in [0.29, 0.717) is 24.0 Å². The van der Waals surface area contributed by atoms with Gasteiger partial charge in [-0.25, -0.2) is 0 Å². The summed E-state index contributed by atoms with van der Waals surface area (Å²) in [6.07, 6.45) is 0.518. The van der Waals surface area contributed by atoms with Crippen molar-refractivity contribution in [2.24, 2.45) is 0 Å². The van der Waals surface area contributed by atoms with Crippen molar-refractivity contribution >= 4 is 23.5 Å². The number of carbonyl (C=O) groups is 2. The highest BCUT2D eigenvalue weighted by atomic mass is 32.2. The molecule has 3 nitrogen and oxygen atoms in total. The standard InChI is InChI=1S/C10H18O3S/c1-4-13-10(12)6-5-9(11)7-14-8(2)3/h8H,4-7H2,1-3H3. The van der Waals surface area contributed by atoms with Crippen molar-refractivity contribution in [2.45, 2.75) is 38.9 Å². The van der Waals surface area contributed by atoms with E-state index in [-0.39, 0.29) is 18.2 Å². The number of hydrogen-bond acceptors (Lipinski definition) is 4. The molecule has 82 valence electrons. The van der Waals surface area contributed by atoms with Gasteiger partial charge in [0.1, 0.15) is 5.78 Å². The van der Waals surface area contributed by atoms with Gasteiger partial charge in [-0.1, -0.05) is 13.8 Å². The van der Waals surface area contributed by atoms with E-state index in [1.807, 2.05) is 13.8 Å². The van der Waals surface area contributed by atoms with E-state index in [1.54, 1.807) is 18.7 Å². The fraction of sp³-hybridized carbons (Fsp3) is 0.800. The van der Waals surface area contributed by atoms with E-state index < -0.39 is 0 Å². The monoisotopic (exact) mass is 218 g/mol. The highest BCUT2D eigenvalue weighted by Crippen LogP contribution is 2.10. The van der Waals surface area contributed by atoms with Gasteiger partial charge in [0.15, 0.2) is 0 Å². The summed E-state index contributed by atoms with van der Waals surface area (Å²) in [5, 5.41) is 0.460. The summed E-state index contributed by atoms with van der Waals surface area (Å²) >= 11 is 1.60. The third kappa shape index (κ3) is 8.10. The van der Waals surface area contributed by atoms with Crippen LogP contribution in [0.25, 0.3) is 0 Å². The molecule has 0 aromatic rings. The topological polar surface area (TPSA) is 43.4 Å². The van der Waals surface area contributed by atoms with Crippen molar-refractivity contribution in [2.75, 3.05) is 12.4 Å². The molecule has 14 heavy (non-hydrogen) atoms. The molecule has 0 aliphatic carbocycles. The third-order valence-electron chi connectivity index (χ3n) is 1.49. The summed E-state index contributed by atoms with van der Waals surface area (Å²) in [7, 11) is 0. The summed E-state index contributed by atoms with van der Waals surface area (Å²) in [6.45, 7) is 6.23. The summed E-state index contributed by atoms with van der Waals surface area (Å²) in [6, 6.07) is 0. The normalized spacial score (nSPS) is 10.3. The Morgan fingerprint density at radius 2 is 1.93 bits per heavy atom. The van der Waals surface area contributed by atoms with Gasteiger partial charge in [0.25, 0.3) is 0 Å². The van der Waals surface area contributed by atoms with Crippen LogP contribution < -0.4 is 0 Å². The lowest BCUT2D eigenvalue weighted by Crippen LogP contribution is -2.09. The van der Waals surface area contributed by atoms with Crippen molar-refractivity contribution in [3.05, 3.63) is 0 Å². The van der Waals surface area contributed by atoms with E-state index in [9.17, 15) is 9.59 Å². The highest BCUT2D eigenvalue weighted by Gasteiger charge is 2.08. The van der Waals surface area contributed by atoms with E-state index in [0.717, 1.165) is 0 Å². The van der Waals surface area contributed by atoms with Crippen LogP contribution in [0.1, 0.15) is 33.6 Å². The van der Waals surface area contributed by atoms with Gasteiger partial charge >= 0.3 is 5.97 Å². The molecule has 0 fully saturated rings. The molecule has 0 aromatic heterocycles. The van der Waals surface area contributed by atoms with Gasteiger partial charge in [-0.05, 0) is 12.2 Å². The number of hydrogen-bond donors (Lipinski definition) is 0. The summed E-state index contributed by atoms with van der Waals surface area (Å²) in [4.78, 5) is 22.1. The van der Waals surface area contributed by atoms with Crippen LogP contribution in [0.4, 0.5) is 0 Å². The highest BCUT2D eigenvalue weighted by molar-refractivity contribution is 8.00. The molecule has 0 aliphatic heterocycles. The predicted octanol–water partition coefficient (Wildman–Crippen LogP) is 2.04. The second-order valence-corrected chi connectivity index (χ2v) is 4.77. The zero-order valence-electron chi connectivity index (χ0n) is 9.04. The van der Waals surface area contributed by atoms with Crippen molar-refractivity contribution in [1.29, 1.82) is 0 Å². The predicted molar refractivity (Wildman–Crippen MR) is 58.5 cm³/mol. The van der Waals surface area contributed by atoms with E-state index in [1.165, 1.54) is 0 Å². The minimum atomic E-state index is -0.282. The van der Waals surface area contributed by atoms with Crippen LogP contribution in [0.15, 0.2) is 0 Å². The average molecular weight is 218 g/mol. The average Bonchev–Trinajstić information content (AvgIpc) is 2.12. The van der Waals surface area contributed by atoms with Gasteiger partial charge in [0.2, 0.25) is 0 Å². The van der Waals surface area contributed by atoms with Crippen molar-refractivity contribution in [3.8, 4) is 0 Å². The lowest BCUT2D eigenvalue weighted by Gasteiger charge is -2.03. The van der Waals surface area contributed by atoms with Crippen LogP contribution >= 0.6 is 11.8 Å². The minimum absolute atomic E-state index is 0.122. The molecule has 0 atom stereocenters. The SMILES string of the molecule is CCOC(=O)CCC(=O)CSC(C)C. The first-order valence-corrected chi connectivity index (χ1v) is 5.90. The zero-order chi connectivity index (χ0) is 11.0. The molecule has 0 unspecified atom stereocenters. The zero-order valence-corrected chi connectivity index (χ0v) is 9.86. The Morgan fingerprint density at radius 1 is 1.29 bits per heavy atom. The molecule has 0 saturated carbocycles. The molecule has 0 rings (SSSR count).